The van der Waals surface area contributed by atoms with Gasteiger partial charge in [-0.05, 0) is 12.1 Å². The summed E-state index contributed by atoms with van der Waals surface area (Å²) in [6.07, 6.45) is 2.97. The fraction of sp³-hybridized carbons (Fsp3) is 0.143. The highest BCUT2D eigenvalue weighted by Gasteiger charge is 2.19. The van der Waals surface area contributed by atoms with Gasteiger partial charge < -0.3 is 10.6 Å². The van der Waals surface area contributed by atoms with Gasteiger partial charge in [0.2, 0.25) is 0 Å². The summed E-state index contributed by atoms with van der Waals surface area (Å²) in [5, 5.41) is 8.72. The van der Waals surface area contributed by atoms with E-state index in [1.165, 1.54) is 17.3 Å². The van der Waals surface area contributed by atoms with Gasteiger partial charge in [0.05, 0.1) is 24.9 Å². The largest absolute Gasteiger partial charge is 0.382 e. The van der Waals surface area contributed by atoms with Crippen molar-refractivity contribution in [2.45, 2.75) is 6.42 Å². The van der Waals surface area contributed by atoms with E-state index in [-0.39, 0.29) is 30.4 Å². The van der Waals surface area contributed by atoms with E-state index in [2.05, 4.69) is 9.97 Å². The molecule has 100 valence electrons. The monoisotopic (exact) mass is 267 g/mol. The van der Waals surface area contributed by atoms with Crippen LogP contribution in [0.5, 0.6) is 0 Å². The highest BCUT2D eigenvalue weighted by atomic mass is 16.2. The lowest BCUT2D eigenvalue weighted by Gasteiger charge is -2.21. The number of hydrogen-bond acceptors (Lipinski definition) is 5. The first-order valence-electron chi connectivity index (χ1n) is 6.04. The Morgan fingerprint density at radius 1 is 1.30 bits per heavy atom. The van der Waals surface area contributed by atoms with Crippen molar-refractivity contribution in [1.82, 2.24) is 9.97 Å². The van der Waals surface area contributed by atoms with Crippen molar-refractivity contribution < 1.29 is 4.79 Å². The van der Waals surface area contributed by atoms with Crippen molar-refractivity contribution in [3.63, 3.8) is 0 Å². The fourth-order valence-electron chi connectivity index (χ4n) is 1.74. The molecule has 0 saturated carbocycles. The number of benzene rings is 1. The van der Waals surface area contributed by atoms with Crippen LogP contribution in [0, 0.1) is 11.3 Å². The third kappa shape index (κ3) is 3.09. The van der Waals surface area contributed by atoms with Crippen molar-refractivity contribution in [2.75, 3.05) is 17.2 Å². The highest BCUT2D eigenvalue weighted by molar-refractivity contribution is 6.04. The van der Waals surface area contributed by atoms with Crippen molar-refractivity contribution in [2.24, 2.45) is 0 Å². The Hall–Kier alpha value is -2.94. The van der Waals surface area contributed by atoms with Crippen molar-refractivity contribution in [3.8, 4) is 6.07 Å². The Kier molecular flexibility index (Phi) is 4.24. The van der Waals surface area contributed by atoms with E-state index in [4.69, 9.17) is 11.0 Å². The summed E-state index contributed by atoms with van der Waals surface area (Å²) in [6, 6.07) is 11.1. The average Bonchev–Trinajstić information content (AvgIpc) is 2.48. The van der Waals surface area contributed by atoms with E-state index in [1.807, 2.05) is 24.3 Å². The zero-order valence-electron chi connectivity index (χ0n) is 10.7. The van der Waals surface area contributed by atoms with Crippen LogP contribution in [0.4, 0.5) is 11.5 Å². The number of hydrogen-bond donors (Lipinski definition) is 1. The zero-order valence-corrected chi connectivity index (χ0v) is 10.7. The van der Waals surface area contributed by atoms with Crippen LogP contribution in [0.25, 0.3) is 0 Å². The molecular weight excluding hydrogens is 254 g/mol. The molecule has 2 aromatic rings. The van der Waals surface area contributed by atoms with Gasteiger partial charge in [0.25, 0.3) is 5.91 Å². The quantitative estimate of drug-likeness (QED) is 0.908. The number of nitrogens with two attached hydrogens (primary N) is 1. The standard InChI is InChI=1S/C14H13N5O/c15-7-4-8-19(11-5-2-1-3-6-11)14(20)12-9-17-10-13(16)18-12/h1-3,5-6,9-10H,4,8H2,(H2,16,18). The predicted octanol–water partition coefficient (Wildman–Crippen LogP) is 1.62. The van der Waals surface area contributed by atoms with Crippen LogP contribution in [0.1, 0.15) is 16.9 Å². The van der Waals surface area contributed by atoms with E-state index in [0.29, 0.717) is 5.69 Å². The summed E-state index contributed by atoms with van der Waals surface area (Å²) in [5.74, 6) is -0.143. The first kappa shape index (κ1) is 13.5. The zero-order chi connectivity index (χ0) is 14.4. The Morgan fingerprint density at radius 3 is 2.70 bits per heavy atom. The molecule has 0 saturated heterocycles. The summed E-state index contributed by atoms with van der Waals surface area (Å²) in [5.41, 5.74) is 6.40. The molecule has 0 aliphatic rings. The highest BCUT2D eigenvalue weighted by Crippen LogP contribution is 2.16. The van der Waals surface area contributed by atoms with Gasteiger partial charge in [-0.2, -0.15) is 5.26 Å². The molecule has 1 aromatic carbocycles. The Morgan fingerprint density at radius 2 is 2.05 bits per heavy atom. The minimum atomic E-state index is -0.328. The predicted molar refractivity (Wildman–Crippen MR) is 74.8 cm³/mol. The molecule has 6 nitrogen and oxygen atoms in total. The van der Waals surface area contributed by atoms with E-state index < -0.39 is 0 Å². The number of aromatic nitrogens is 2. The summed E-state index contributed by atoms with van der Waals surface area (Å²) >= 11 is 0. The molecule has 20 heavy (non-hydrogen) atoms. The number of nitrogen functional groups attached to an aromatic ring is 1. The molecule has 0 bridgehead atoms. The minimum Gasteiger partial charge on any atom is -0.382 e. The molecule has 0 unspecified atom stereocenters. The smallest absolute Gasteiger partial charge is 0.278 e. The Balaban J connectivity index is 2.32. The van der Waals surface area contributed by atoms with Gasteiger partial charge in [-0.15, -0.1) is 0 Å². The molecule has 6 heteroatoms. The molecule has 1 amide bonds. The summed E-state index contributed by atoms with van der Waals surface area (Å²) < 4.78 is 0. The number of carbonyl (C=O) groups is 1. The van der Waals surface area contributed by atoms with Gasteiger partial charge >= 0.3 is 0 Å². The lowest BCUT2D eigenvalue weighted by molar-refractivity contribution is 0.0982. The molecule has 1 heterocycles. The lowest BCUT2D eigenvalue weighted by Crippen LogP contribution is -2.32. The van der Waals surface area contributed by atoms with Crippen LogP contribution in [-0.4, -0.2) is 22.4 Å². The van der Waals surface area contributed by atoms with E-state index >= 15 is 0 Å². The molecule has 2 rings (SSSR count). The number of para-hydroxylation sites is 1. The Labute approximate surface area is 116 Å². The summed E-state index contributed by atoms with van der Waals surface area (Å²) in [7, 11) is 0. The second kappa shape index (κ2) is 6.29. The van der Waals surface area contributed by atoms with Crippen molar-refractivity contribution >= 4 is 17.4 Å². The van der Waals surface area contributed by atoms with Gasteiger partial charge in [-0.25, -0.2) is 4.98 Å². The third-order valence-corrected chi connectivity index (χ3v) is 2.63. The molecule has 1 aromatic heterocycles. The molecule has 0 radical (unpaired) electrons. The number of carbonyl (C=O) groups excluding carboxylic acids is 1. The summed E-state index contributed by atoms with van der Waals surface area (Å²) in [6.45, 7) is 0.288. The van der Waals surface area contributed by atoms with Gasteiger partial charge in [-0.3, -0.25) is 9.78 Å². The maximum absolute atomic E-state index is 12.5. The van der Waals surface area contributed by atoms with Crippen LogP contribution in [0.3, 0.4) is 0 Å². The average molecular weight is 267 g/mol. The first-order valence-corrected chi connectivity index (χ1v) is 6.04. The molecule has 0 aliphatic carbocycles. The SMILES string of the molecule is N#CCCN(C(=O)c1cncc(N)n1)c1ccccc1. The van der Waals surface area contributed by atoms with Crippen LogP contribution >= 0.6 is 0 Å². The van der Waals surface area contributed by atoms with Gasteiger partial charge in [0.1, 0.15) is 11.5 Å². The van der Waals surface area contributed by atoms with E-state index in [9.17, 15) is 4.79 Å². The number of anilines is 2. The molecule has 0 atom stereocenters. The number of amides is 1. The lowest BCUT2D eigenvalue weighted by atomic mass is 10.2. The maximum atomic E-state index is 12.5. The van der Waals surface area contributed by atoms with Crippen LogP contribution < -0.4 is 10.6 Å². The van der Waals surface area contributed by atoms with Crippen molar-refractivity contribution in [3.05, 3.63) is 48.4 Å². The van der Waals surface area contributed by atoms with Gasteiger partial charge in [0.15, 0.2) is 0 Å². The molecule has 0 fully saturated rings. The normalized spacial score (nSPS) is 9.75. The Bertz CT molecular complexity index is 636. The number of nitrogens with zero attached hydrogens (tertiary/aromatic N) is 4. The summed E-state index contributed by atoms with van der Waals surface area (Å²) in [4.78, 5) is 21.8. The van der Waals surface area contributed by atoms with Crippen LogP contribution in [-0.2, 0) is 0 Å². The molecular formula is C14H13N5O. The second-order valence-electron chi connectivity index (χ2n) is 4.03. The second-order valence-corrected chi connectivity index (χ2v) is 4.03. The molecule has 2 N–H and O–H groups in total. The molecule has 0 spiro atoms. The van der Waals surface area contributed by atoms with Crippen molar-refractivity contribution in [1.29, 1.82) is 5.26 Å². The molecule has 0 aliphatic heterocycles. The first-order chi connectivity index (χ1) is 9.72. The minimum absolute atomic E-state index is 0.159. The fourth-order valence-corrected chi connectivity index (χ4v) is 1.74. The number of nitriles is 1. The number of rotatable bonds is 4. The van der Waals surface area contributed by atoms with Gasteiger partial charge in [-0.1, -0.05) is 18.2 Å². The van der Waals surface area contributed by atoms with E-state index in [0.717, 1.165) is 0 Å². The third-order valence-electron chi connectivity index (χ3n) is 2.63. The van der Waals surface area contributed by atoms with Crippen LogP contribution in [0.2, 0.25) is 0 Å². The maximum Gasteiger partial charge on any atom is 0.278 e. The topological polar surface area (TPSA) is 95.9 Å². The van der Waals surface area contributed by atoms with Crippen LogP contribution in [0.15, 0.2) is 42.7 Å². The van der Waals surface area contributed by atoms with Gasteiger partial charge in [0, 0.05) is 12.2 Å². The van der Waals surface area contributed by atoms with E-state index in [1.54, 1.807) is 12.1 Å².